The summed E-state index contributed by atoms with van der Waals surface area (Å²) in [6.07, 6.45) is 5.60. The second-order valence-electron chi connectivity index (χ2n) is 10.3. The maximum Gasteiger partial charge on any atom is 0.220 e. The van der Waals surface area contributed by atoms with Crippen LogP contribution in [0.25, 0.3) is 0 Å². The molecule has 2 aromatic carbocycles. The van der Waals surface area contributed by atoms with Crippen LogP contribution in [0.1, 0.15) is 68.3 Å². The molecule has 1 unspecified atom stereocenters. The van der Waals surface area contributed by atoms with Gasteiger partial charge >= 0.3 is 0 Å². The molecule has 1 heterocycles. The quantitative estimate of drug-likeness (QED) is 0.230. The van der Waals surface area contributed by atoms with Crippen molar-refractivity contribution in [1.82, 2.24) is 10.2 Å². The molecule has 0 aliphatic carbocycles. The lowest BCUT2D eigenvalue weighted by Gasteiger charge is -2.25. The summed E-state index contributed by atoms with van der Waals surface area (Å²) in [6.45, 7) is 8.08. The minimum atomic E-state index is 0.0546. The topological polar surface area (TPSA) is 77.1 Å². The zero-order chi connectivity index (χ0) is 27.2. The van der Waals surface area contributed by atoms with Crippen molar-refractivity contribution in [2.45, 2.75) is 70.9 Å². The Labute approximate surface area is 227 Å². The van der Waals surface area contributed by atoms with E-state index in [1.807, 2.05) is 38.1 Å². The summed E-state index contributed by atoms with van der Waals surface area (Å²) in [5.74, 6) is 1.73. The number of hydrogen-bond donors (Lipinski definition) is 1. The van der Waals surface area contributed by atoms with Crippen LogP contribution in [0.4, 0.5) is 0 Å². The van der Waals surface area contributed by atoms with Crippen LogP contribution in [-0.4, -0.2) is 68.7 Å². The van der Waals surface area contributed by atoms with Gasteiger partial charge in [-0.1, -0.05) is 12.1 Å². The maximum atomic E-state index is 12.8. The average Bonchev–Trinajstić information content (AvgIpc) is 3.41. The molecule has 1 aliphatic rings. The van der Waals surface area contributed by atoms with E-state index >= 15 is 0 Å². The number of carbonyl (C=O) groups excluding carboxylic acids is 2. The molecule has 0 saturated carbocycles. The molecule has 1 fully saturated rings. The molecular formula is C31H44N2O5. The number of hydrogen-bond acceptors (Lipinski definition) is 6. The Balaban J connectivity index is 1.42. The molecule has 7 heteroatoms. The lowest BCUT2D eigenvalue weighted by molar-refractivity contribution is -0.122. The molecule has 2 aromatic rings. The zero-order valence-electron chi connectivity index (χ0n) is 23.2. The number of likely N-dealkylation sites (tertiary alicyclic amines) is 1. The van der Waals surface area contributed by atoms with Gasteiger partial charge in [-0.3, -0.25) is 9.59 Å². The van der Waals surface area contributed by atoms with E-state index in [0.717, 1.165) is 37.6 Å². The summed E-state index contributed by atoms with van der Waals surface area (Å²) in [5, 5.41) is 3.27. The van der Waals surface area contributed by atoms with Crippen molar-refractivity contribution in [3.8, 4) is 11.5 Å². The van der Waals surface area contributed by atoms with Gasteiger partial charge in [-0.05, 0) is 101 Å². The fraction of sp³-hybridized carbons (Fsp3) is 0.548. The van der Waals surface area contributed by atoms with Crippen molar-refractivity contribution in [2.75, 3.05) is 40.0 Å². The fourth-order valence-electron chi connectivity index (χ4n) is 4.69. The first-order valence-electron chi connectivity index (χ1n) is 13.9. The van der Waals surface area contributed by atoms with Crippen LogP contribution in [0.5, 0.6) is 11.5 Å². The monoisotopic (exact) mass is 524 g/mol. The van der Waals surface area contributed by atoms with Gasteiger partial charge in [-0.2, -0.15) is 0 Å². The number of unbranched alkanes of at least 4 members (excludes halogenated alkanes) is 1. The molecule has 1 amide bonds. The van der Waals surface area contributed by atoms with E-state index in [2.05, 4.69) is 22.3 Å². The number of nitrogens with zero attached hydrogens (tertiary/aromatic N) is 1. The summed E-state index contributed by atoms with van der Waals surface area (Å²) in [7, 11) is 1.63. The summed E-state index contributed by atoms with van der Waals surface area (Å²) < 4.78 is 16.3. The van der Waals surface area contributed by atoms with Crippen LogP contribution in [0, 0.1) is 0 Å². The number of nitrogens with one attached hydrogen (secondary N) is 1. The summed E-state index contributed by atoms with van der Waals surface area (Å²) in [4.78, 5) is 27.8. The zero-order valence-corrected chi connectivity index (χ0v) is 23.2. The lowest BCUT2D eigenvalue weighted by Crippen LogP contribution is -2.44. The Hall–Kier alpha value is -2.90. The molecule has 0 aromatic heterocycles. The van der Waals surface area contributed by atoms with E-state index < -0.39 is 0 Å². The third-order valence-corrected chi connectivity index (χ3v) is 6.61. The number of methoxy groups -OCH3 is 1. The second kappa shape index (κ2) is 16.1. The lowest BCUT2D eigenvalue weighted by atomic mass is 10.0. The molecule has 1 N–H and O–H groups in total. The molecule has 208 valence electrons. The number of amides is 1. The van der Waals surface area contributed by atoms with E-state index in [1.54, 1.807) is 19.2 Å². The first-order valence-corrected chi connectivity index (χ1v) is 13.9. The Morgan fingerprint density at radius 2 is 1.55 bits per heavy atom. The third-order valence-electron chi connectivity index (χ3n) is 6.61. The van der Waals surface area contributed by atoms with E-state index in [9.17, 15) is 9.59 Å². The molecule has 1 atom stereocenters. The smallest absolute Gasteiger partial charge is 0.220 e. The molecule has 0 radical (unpaired) electrons. The largest absolute Gasteiger partial charge is 0.491 e. The number of carbonyl (C=O) groups is 2. The van der Waals surface area contributed by atoms with Crippen LogP contribution < -0.4 is 14.8 Å². The van der Waals surface area contributed by atoms with Gasteiger partial charge in [0.15, 0.2) is 5.78 Å². The van der Waals surface area contributed by atoms with Crippen molar-refractivity contribution in [1.29, 1.82) is 0 Å². The number of benzene rings is 2. The standard InChI is InChI=1S/C31H44N2O5/c1-24(2)38-29-14-10-25(11-15-29)22-27(23-33-18-6-7-19-33)32-31(35)9-5-4-8-30(34)26-12-16-28(17-13-26)37-21-20-36-3/h10-17,24,27H,4-9,18-23H2,1-3H3,(H,32,35). The van der Waals surface area contributed by atoms with Gasteiger partial charge in [0.1, 0.15) is 18.1 Å². The first-order chi connectivity index (χ1) is 18.4. The minimum Gasteiger partial charge on any atom is -0.491 e. The summed E-state index contributed by atoms with van der Waals surface area (Å²) in [6, 6.07) is 15.4. The molecule has 3 rings (SSSR count). The normalized spacial score (nSPS) is 14.4. The number of Topliss-reactive ketones (excluding diaryl/α,β-unsaturated/α-hetero) is 1. The maximum absolute atomic E-state index is 12.8. The van der Waals surface area contributed by atoms with E-state index in [0.29, 0.717) is 44.5 Å². The van der Waals surface area contributed by atoms with E-state index in [1.165, 1.54) is 18.4 Å². The van der Waals surface area contributed by atoms with Gasteiger partial charge in [-0.25, -0.2) is 0 Å². The van der Waals surface area contributed by atoms with Crippen LogP contribution in [0.2, 0.25) is 0 Å². The van der Waals surface area contributed by atoms with Crippen molar-refractivity contribution in [3.05, 3.63) is 59.7 Å². The van der Waals surface area contributed by atoms with Gasteiger partial charge in [0.2, 0.25) is 5.91 Å². The first kappa shape index (κ1) is 29.7. The van der Waals surface area contributed by atoms with Crippen LogP contribution >= 0.6 is 0 Å². The molecule has 38 heavy (non-hydrogen) atoms. The highest BCUT2D eigenvalue weighted by Gasteiger charge is 2.20. The van der Waals surface area contributed by atoms with Gasteiger partial charge in [-0.15, -0.1) is 0 Å². The summed E-state index contributed by atoms with van der Waals surface area (Å²) >= 11 is 0. The average molecular weight is 525 g/mol. The SMILES string of the molecule is COCCOc1ccc(C(=O)CCCCC(=O)NC(Cc2ccc(OC(C)C)cc2)CN2CCCC2)cc1. The molecule has 7 nitrogen and oxygen atoms in total. The van der Waals surface area contributed by atoms with E-state index in [4.69, 9.17) is 14.2 Å². The molecule has 0 bridgehead atoms. The molecule has 0 spiro atoms. The second-order valence-corrected chi connectivity index (χ2v) is 10.3. The number of ether oxygens (including phenoxy) is 3. The van der Waals surface area contributed by atoms with Crippen LogP contribution in [0.3, 0.4) is 0 Å². The van der Waals surface area contributed by atoms with Crippen molar-refractivity contribution in [2.24, 2.45) is 0 Å². The molecular weight excluding hydrogens is 480 g/mol. The highest BCUT2D eigenvalue weighted by Crippen LogP contribution is 2.17. The number of rotatable bonds is 17. The Kier molecular flexibility index (Phi) is 12.6. The number of ketones is 1. The highest BCUT2D eigenvalue weighted by molar-refractivity contribution is 5.96. The van der Waals surface area contributed by atoms with Crippen molar-refractivity contribution >= 4 is 11.7 Å². The summed E-state index contributed by atoms with van der Waals surface area (Å²) in [5.41, 5.74) is 1.86. The highest BCUT2D eigenvalue weighted by atomic mass is 16.5. The van der Waals surface area contributed by atoms with Gasteiger partial charge in [0, 0.05) is 38.1 Å². The van der Waals surface area contributed by atoms with Crippen LogP contribution in [0.15, 0.2) is 48.5 Å². The van der Waals surface area contributed by atoms with Gasteiger partial charge in [0.05, 0.1) is 12.7 Å². The van der Waals surface area contributed by atoms with Gasteiger partial charge < -0.3 is 24.4 Å². The molecule has 1 saturated heterocycles. The molecule has 1 aliphatic heterocycles. The predicted molar refractivity (Wildman–Crippen MR) is 150 cm³/mol. The predicted octanol–water partition coefficient (Wildman–Crippen LogP) is 5.07. The third kappa shape index (κ3) is 10.8. The Morgan fingerprint density at radius 1 is 0.895 bits per heavy atom. The Morgan fingerprint density at radius 3 is 2.21 bits per heavy atom. The van der Waals surface area contributed by atoms with Crippen molar-refractivity contribution < 1.29 is 23.8 Å². The minimum absolute atomic E-state index is 0.0546. The van der Waals surface area contributed by atoms with Gasteiger partial charge in [0.25, 0.3) is 0 Å². The van der Waals surface area contributed by atoms with E-state index in [-0.39, 0.29) is 23.8 Å². The fourth-order valence-corrected chi connectivity index (χ4v) is 4.69. The van der Waals surface area contributed by atoms with Crippen LogP contribution in [-0.2, 0) is 16.0 Å². The Bertz CT molecular complexity index is 969. The van der Waals surface area contributed by atoms with Crippen molar-refractivity contribution in [3.63, 3.8) is 0 Å².